The molecule has 0 atom stereocenters. The topological polar surface area (TPSA) is 80.2 Å². The fraction of sp³-hybridized carbons (Fsp3) is 0.174. The lowest BCUT2D eigenvalue weighted by atomic mass is 10.2. The second-order valence-electron chi connectivity index (χ2n) is 7.24. The summed E-state index contributed by atoms with van der Waals surface area (Å²) >= 11 is 1.18. The number of amides is 1. The molecule has 4 aromatic rings. The number of carbonyl (C=O) groups excluding carboxylic acids is 1. The molecule has 2 aromatic carbocycles. The number of pyridine rings is 1. The summed E-state index contributed by atoms with van der Waals surface area (Å²) < 4.78 is 39.3. The molecular formula is C23H20FN3O3S2. The van der Waals surface area contributed by atoms with E-state index in [2.05, 4.69) is 9.97 Å². The Kier molecular flexibility index (Phi) is 6.57. The molecule has 0 fully saturated rings. The lowest BCUT2D eigenvalue weighted by Crippen LogP contribution is -2.32. The van der Waals surface area contributed by atoms with E-state index in [4.69, 9.17) is 0 Å². The van der Waals surface area contributed by atoms with E-state index < -0.39 is 9.84 Å². The number of anilines is 1. The molecule has 6 nitrogen and oxygen atoms in total. The SMILES string of the molecule is O=C(CCS(=O)(=O)Cc1ccccc1)N(Cc1ccccn1)c1nc2ccc(F)cc2s1. The third-order valence-corrected chi connectivity index (χ3v) is 7.41. The first-order valence-electron chi connectivity index (χ1n) is 9.90. The van der Waals surface area contributed by atoms with E-state index in [-0.39, 0.29) is 36.2 Å². The van der Waals surface area contributed by atoms with Crippen molar-refractivity contribution in [2.75, 3.05) is 10.7 Å². The molecule has 0 saturated heterocycles. The zero-order chi connectivity index (χ0) is 22.6. The highest BCUT2D eigenvalue weighted by molar-refractivity contribution is 7.90. The molecule has 4 rings (SSSR count). The summed E-state index contributed by atoms with van der Waals surface area (Å²) in [5.74, 6) is -1.17. The maximum absolute atomic E-state index is 13.6. The van der Waals surface area contributed by atoms with Crippen LogP contribution in [0.2, 0.25) is 0 Å². The maximum atomic E-state index is 13.6. The number of thiazole rings is 1. The average Bonchev–Trinajstić information content (AvgIpc) is 3.20. The van der Waals surface area contributed by atoms with Gasteiger partial charge in [-0.3, -0.25) is 14.7 Å². The molecule has 2 heterocycles. The number of aromatic nitrogens is 2. The molecule has 32 heavy (non-hydrogen) atoms. The second kappa shape index (κ2) is 9.54. The van der Waals surface area contributed by atoms with E-state index in [1.54, 1.807) is 48.7 Å². The van der Waals surface area contributed by atoms with Gasteiger partial charge < -0.3 is 0 Å². The summed E-state index contributed by atoms with van der Waals surface area (Å²) in [6.07, 6.45) is 1.43. The summed E-state index contributed by atoms with van der Waals surface area (Å²) in [5, 5.41) is 0.377. The smallest absolute Gasteiger partial charge is 0.230 e. The molecule has 0 unspecified atom stereocenters. The average molecular weight is 470 g/mol. The number of hydrogen-bond acceptors (Lipinski definition) is 6. The molecule has 0 aliphatic carbocycles. The molecule has 0 aliphatic heterocycles. The van der Waals surface area contributed by atoms with Crippen molar-refractivity contribution in [2.24, 2.45) is 0 Å². The fourth-order valence-corrected chi connectivity index (χ4v) is 5.53. The number of halogens is 1. The van der Waals surface area contributed by atoms with Gasteiger partial charge in [0.25, 0.3) is 0 Å². The molecular weight excluding hydrogens is 449 g/mol. The van der Waals surface area contributed by atoms with Crippen molar-refractivity contribution in [3.63, 3.8) is 0 Å². The lowest BCUT2D eigenvalue weighted by molar-refractivity contribution is -0.118. The zero-order valence-corrected chi connectivity index (χ0v) is 18.7. The first kappa shape index (κ1) is 22.0. The van der Waals surface area contributed by atoms with Crippen LogP contribution in [0.1, 0.15) is 17.7 Å². The fourth-order valence-electron chi connectivity index (χ4n) is 3.20. The Hall–Kier alpha value is -3.17. The normalized spacial score (nSPS) is 11.5. The minimum Gasteiger partial charge on any atom is -0.282 e. The Morgan fingerprint density at radius 1 is 1.03 bits per heavy atom. The third kappa shape index (κ3) is 5.54. The quantitative estimate of drug-likeness (QED) is 0.383. The summed E-state index contributed by atoms with van der Waals surface area (Å²) in [6, 6.07) is 18.4. The summed E-state index contributed by atoms with van der Waals surface area (Å²) in [6.45, 7) is 0.140. The molecule has 0 radical (unpaired) electrons. The highest BCUT2D eigenvalue weighted by atomic mass is 32.2. The molecule has 0 aliphatic rings. The van der Waals surface area contributed by atoms with E-state index >= 15 is 0 Å². The molecule has 9 heteroatoms. The number of nitrogens with zero attached hydrogens (tertiary/aromatic N) is 3. The van der Waals surface area contributed by atoms with Gasteiger partial charge in [0.2, 0.25) is 5.91 Å². The molecule has 164 valence electrons. The number of carbonyl (C=O) groups is 1. The van der Waals surface area contributed by atoms with Crippen molar-refractivity contribution in [1.82, 2.24) is 9.97 Å². The van der Waals surface area contributed by atoms with Crippen molar-refractivity contribution in [2.45, 2.75) is 18.7 Å². The van der Waals surface area contributed by atoms with Crippen LogP contribution in [0, 0.1) is 5.82 Å². The van der Waals surface area contributed by atoms with E-state index in [9.17, 15) is 17.6 Å². The summed E-state index contributed by atoms with van der Waals surface area (Å²) in [5.41, 5.74) is 1.89. The van der Waals surface area contributed by atoms with Crippen molar-refractivity contribution in [3.05, 3.63) is 90.0 Å². The zero-order valence-electron chi connectivity index (χ0n) is 17.0. The van der Waals surface area contributed by atoms with Gasteiger partial charge in [-0.2, -0.15) is 0 Å². The van der Waals surface area contributed by atoms with Gasteiger partial charge in [0.05, 0.1) is 34.0 Å². The molecule has 2 aromatic heterocycles. The van der Waals surface area contributed by atoms with Crippen LogP contribution in [-0.2, 0) is 26.9 Å². The van der Waals surface area contributed by atoms with E-state index in [0.29, 0.717) is 26.6 Å². The van der Waals surface area contributed by atoms with Gasteiger partial charge in [-0.25, -0.2) is 17.8 Å². The number of benzene rings is 2. The van der Waals surface area contributed by atoms with Gasteiger partial charge in [0, 0.05) is 12.6 Å². The molecule has 0 spiro atoms. The molecule has 0 saturated carbocycles. The summed E-state index contributed by atoms with van der Waals surface area (Å²) in [4.78, 5) is 23.3. The van der Waals surface area contributed by atoms with Crippen LogP contribution in [0.5, 0.6) is 0 Å². The standard InChI is InChI=1S/C23H20FN3O3S2/c24-18-9-10-20-21(14-18)31-23(26-20)27(15-19-8-4-5-12-25-19)22(28)11-13-32(29,30)16-17-6-2-1-3-7-17/h1-10,12,14H,11,13,15-16H2. The van der Waals surface area contributed by atoms with Crippen LogP contribution >= 0.6 is 11.3 Å². The number of hydrogen-bond donors (Lipinski definition) is 0. The second-order valence-corrected chi connectivity index (χ2v) is 10.4. The Morgan fingerprint density at radius 2 is 1.81 bits per heavy atom. The lowest BCUT2D eigenvalue weighted by Gasteiger charge is -2.19. The molecule has 0 N–H and O–H groups in total. The van der Waals surface area contributed by atoms with Crippen molar-refractivity contribution in [3.8, 4) is 0 Å². The Balaban J connectivity index is 1.55. The summed E-state index contributed by atoms with van der Waals surface area (Å²) in [7, 11) is -3.48. The Bertz CT molecular complexity index is 1330. The van der Waals surface area contributed by atoms with E-state index in [1.807, 2.05) is 12.1 Å². The number of sulfone groups is 1. The van der Waals surface area contributed by atoms with Crippen molar-refractivity contribution >= 4 is 42.4 Å². The van der Waals surface area contributed by atoms with Gasteiger partial charge >= 0.3 is 0 Å². The highest BCUT2D eigenvalue weighted by Crippen LogP contribution is 2.30. The number of rotatable bonds is 8. The van der Waals surface area contributed by atoms with E-state index in [1.165, 1.54) is 28.4 Å². The maximum Gasteiger partial charge on any atom is 0.230 e. The van der Waals surface area contributed by atoms with Crippen LogP contribution < -0.4 is 4.90 Å². The van der Waals surface area contributed by atoms with Crippen molar-refractivity contribution < 1.29 is 17.6 Å². The third-order valence-electron chi connectivity index (χ3n) is 4.77. The Morgan fingerprint density at radius 3 is 2.56 bits per heavy atom. The van der Waals surface area contributed by atoms with Gasteiger partial charge in [-0.1, -0.05) is 47.7 Å². The van der Waals surface area contributed by atoms with Crippen LogP contribution in [-0.4, -0.2) is 30.0 Å². The van der Waals surface area contributed by atoms with Gasteiger partial charge in [0.1, 0.15) is 5.82 Å². The van der Waals surface area contributed by atoms with Gasteiger partial charge in [-0.05, 0) is 35.9 Å². The van der Waals surface area contributed by atoms with Crippen LogP contribution in [0.15, 0.2) is 72.9 Å². The van der Waals surface area contributed by atoms with Gasteiger partial charge in [-0.15, -0.1) is 0 Å². The monoisotopic (exact) mass is 469 g/mol. The molecule has 0 bridgehead atoms. The Labute approximate surface area is 189 Å². The first-order chi connectivity index (χ1) is 15.4. The first-order valence-corrected chi connectivity index (χ1v) is 12.5. The number of fused-ring (bicyclic) bond motifs is 1. The van der Waals surface area contributed by atoms with Crippen LogP contribution in [0.25, 0.3) is 10.2 Å². The minimum atomic E-state index is -3.48. The van der Waals surface area contributed by atoms with Crippen LogP contribution in [0.4, 0.5) is 9.52 Å². The van der Waals surface area contributed by atoms with Crippen LogP contribution in [0.3, 0.4) is 0 Å². The van der Waals surface area contributed by atoms with Gasteiger partial charge in [0.15, 0.2) is 15.0 Å². The minimum absolute atomic E-state index is 0.123. The largest absolute Gasteiger partial charge is 0.282 e. The van der Waals surface area contributed by atoms with E-state index in [0.717, 1.165) is 0 Å². The molecule has 1 amide bonds. The van der Waals surface area contributed by atoms with Crippen molar-refractivity contribution in [1.29, 1.82) is 0 Å². The highest BCUT2D eigenvalue weighted by Gasteiger charge is 2.23. The predicted molar refractivity (Wildman–Crippen MR) is 124 cm³/mol. The predicted octanol–water partition coefficient (Wildman–Crippen LogP) is 4.37.